The monoisotopic (exact) mass is 218 g/mol. The van der Waals surface area contributed by atoms with Crippen LogP contribution in [0.15, 0.2) is 18.3 Å². The van der Waals surface area contributed by atoms with Gasteiger partial charge in [-0.05, 0) is 49.8 Å². The van der Waals surface area contributed by atoms with Crippen LogP contribution in [0.2, 0.25) is 0 Å². The Bertz CT molecular complexity index is 333. The molecule has 88 valence electrons. The molecule has 0 fully saturated rings. The highest BCUT2D eigenvalue weighted by atomic mass is 14.9. The van der Waals surface area contributed by atoms with Crippen molar-refractivity contribution in [1.82, 2.24) is 10.3 Å². The van der Waals surface area contributed by atoms with E-state index >= 15 is 0 Å². The molecule has 1 aromatic rings. The average molecular weight is 218 g/mol. The van der Waals surface area contributed by atoms with Crippen molar-refractivity contribution >= 4 is 0 Å². The van der Waals surface area contributed by atoms with Gasteiger partial charge in [-0.15, -0.1) is 0 Å². The average Bonchev–Trinajstić information content (AvgIpc) is 2.68. The third-order valence-electron chi connectivity index (χ3n) is 3.31. The minimum atomic E-state index is 0.503. The largest absolute Gasteiger partial charge is 0.309 e. The maximum atomic E-state index is 4.49. The molecule has 1 aliphatic rings. The van der Waals surface area contributed by atoms with Crippen LogP contribution in [-0.4, -0.2) is 11.5 Å². The number of aromatic nitrogens is 1. The Morgan fingerprint density at radius 2 is 2.38 bits per heavy atom. The Labute approximate surface area is 98.5 Å². The summed E-state index contributed by atoms with van der Waals surface area (Å²) in [5, 5.41) is 3.63. The summed E-state index contributed by atoms with van der Waals surface area (Å²) in [7, 11) is 0. The number of rotatable bonds is 5. The zero-order valence-corrected chi connectivity index (χ0v) is 10.4. The van der Waals surface area contributed by atoms with E-state index in [9.17, 15) is 0 Å². The first kappa shape index (κ1) is 11.6. The minimum absolute atomic E-state index is 0.503. The van der Waals surface area contributed by atoms with Gasteiger partial charge >= 0.3 is 0 Å². The van der Waals surface area contributed by atoms with E-state index in [4.69, 9.17) is 0 Å². The molecule has 2 heteroatoms. The van der Waals surface area contributed by atoms with Crippen molar-refractivity contribution in [2.45, 2.75) is 45.6 Å². The number of pyridine rings is 1. The van der Waals surface area contributed by atoms with Gasteiger partial charge in [0.05, 0.1) is 11.7 Å². The van der Waals surface area contributed by atoms with Crippen LogP contribution in [0.25, 0.3) is 0 Å². The van der Waals surface area contributed by atoms with Crippen molar-refractivity contribution in [3.8, 4) is 0 Å². The first-order valence-corrected chi connectivity index (χ1v) is 6.44. The van der Waals surface area contributed by atoms with Gasteiger partial charge in [0.15, 0.2) is 0 Å². The third-order valence-corrected chi connectivity index (χ3v) is 3.31. The maximum Gasteiger partial charge on any atom is 0.0605 e. The molecule has 0 bridgehead atoms. The van der Waals surface area contributed by atoms with E-state index in [0.29, 0.717) is 6.04 Å². The summed E-state index contributed by atoms with van der Waals surface area (Å²) in [6.45, 7) is 5.69. The second-order valence-corrected chi connectivity index (χ2v) is 5.13. The summed E-state index contributed by atoms with van der Waals surface area (Å²) in [6, 6.07) is 4.75. The number of hydrogen-bond donors (Lipinski definition) is 1. The summed E-state index contributed by atoms with van der Waals surface area (Å²) in [4.78, 5) is 4.49. The van der Waals surface area contributed by atoms with Crippen LogP contribution >= 0.6 is 0 Å². The van der Waals surface area contributed by atoms with Crippen LogP contribution in [0.1, 0.15) is 50.4 Å². The Hall–Kier alpha value is -0.890. The number of hydrogen-bond acceptors (Lipinski definition) is 2. The smallest absolute Gasteiger partial charge is 0.0605 e. The SMILES string of the molecule is CC(C)CCCNC1CCc2cccnc21. The van der Waals surface area contributed by atoms with Gasteiger partial charge in [0.25, 0.3) is 0 Å². The van der Waals surface area contributed by atoms with E-state index in [-0.39, 0.29) is 0 Å². The molecule has 1 N–H and O–H groups in total. The third kappa shape index (κ3) is 2.82. The Morgan fingerprint density at radius 1 is 1.50 bits per heavy atom. The summed E-state index contributed by atoms with van der Waals surface area (Å²) in [6.07, 6.45) is 6.90. The van der Waals surface area contributed by atoms with E-state index in [1.165, 1.54) is 36.9 Å². The predicted molar refractivity (Wildman–Crippen MR) is 67.4 cm³/mol. The summed E-state index contributed by atoms with van der Waals surface area (Å²) >= 11 is 0. The molecule has 2 rings (SSSR count). The molecule has 0 aliphatic heterocycles. The lowest BCUT2D eigenvalue weighted by Gasteiger charge is -2.13. The molecule has 2 nitrogen and oxygen atoms in total. The van der Waals surface area contributed by atoms with Crippen molar-refractivity contribution in [3.05, 3.63) is 29.6 Å². The molecule has 1 aliphatic carbocycles. The van der Waals surface area contributed by atoms with E-state index in [0.717, 1.165) is 12.5 Å². The molecule has 1 aromatic heterocycles. The highest BCUT2D eigenvalue weighted by Gasteiger charge is 2.22. The Balaban J connectivity index is 1.80. The van der Waals surface area contributed by atoms with Crippen LogP contribution in [0, 0.1) is 5.92 Å². The van der Waals surface area contributed by atoms with Crippen molar-refractivity contribution in [2.24, 2.45) is 5.92 Å². The Kier molecular flexibility index (Phi) is 3.94. The standard InChI is InChI=1S/C14H22N2/c1-11(2)5-3-9-15-13-8-7-12-6-4-10-16-14(12)13/h4,6,10-11,13,15H,3,5,7-9H2,1-2H3. The lowest BCUT2D eigenvalue weighted by Crippen LogP contribution is -2.21. The zero-order chi connectivity index (χ0) is 11.4. The quantitative estimate of drug-likeness (QED) is 0.768. The number of fused-ring (bicyclic) bond motifs is 1. The molecule has 16 heavy (non-hydrogen) atoms. The molecule has 0 aromatic carbocycles. The molecule has 1 unspecified atom stereocenters. The maximum absolute atomic E-state index is 4.49. The van der Waals surface area contributed by atoms with Crippen molar-refractivity contribution in [2.75, 3.05) is 6.54 Å². The van der Waals surface area contributed by atoms with Gasteiger partial charge in [0.1, 0.15) is 0 Å². The normalized spacial score (nSPS) is 19.1. The van der Waals surface area contributed by atoms with E-state index in [1.807, 2.05) is 12.3 Å². The van der Waals surface area contributed by atoms with Gasteiger partial charge in [-0.1, -0.05) is 19.9 Å². The van der Waals surface area contributed by atoms with Gasteiger partial charge < -0.3 is 5.32 Å². The summed E-state index contributed by atoms with van der Waals surface area (Å²) in [5.41, 5.74) is 2.72. The van der Waals surface area contributed by atoms with Crippen LogP contribution in [0.4, 0.5) is 0 Å². The lowest BCUT2D eigenvalue weighted by atomic mass is 10.1. The number of aryl methyl sites for hydroxylation is 1. The van der Waals surface area contributed by atoms with Gasteiger partial charge in [-0.3, -0.25) is 4.98 Å². The first-order chi connectivity index (χ1) is 7.77. The van der Waals surface area contributed by atoms with Gasteiger partial charge in [-0.2, -0.15) is 0 Å². The van der Waals surface area contributed by atoms with Gasteiger partial charge in [0, 0.05) is 6.20 Å². The number of nitrogens with one attached hydrogen (secondary N) is 1. The molecule has 0 saturated heterocycles. The van der Waals surface area contributed by atoms with Crippen LogP contribution in [-0.2, 0) is 6.42 Å². The molecule has 1 atom stereocenters. The van der Waals surface area contributed by atoms with Crippen molar-refractivity contribution in [3.63, 3.8) is 0 Å². The highest BCUT2D eigenvalue weighted by Crippen LogP contribution is 2.28. The number of nitrogens with zero attached hydrogens (tertiary/aromatic N) is 1. The van der Waals surface area contributed by atoms with Crippen LogP contribution < -0.4 is 5.32 Å². The summed E-state index contributed by atoms with van der Waals surface area (Å²) in [5.74, 6) is 0.816. The topological polar surface area (TPSA) is 24.9 Å². The minimum Gasteiger partial charge on any atom is -0.309 e. The first-order valence-electron chi connectivity index (χ1n) is 6.44. The highest BCUT2D eigenvalue weighted by molar-refractivity contribution is 5.27. The summed E-state index contributed by atoms with van der Waals surface area (Å²) < 4.78 is 0. The fraction of sp³-hybridized carbons (Fsp3) is 0.643. The molecule has 1 heterocycles. The van der Waals surface area contributed by atoms with E-state index in [2.05, 4.69) is 30.2 Å². The van der Waals surface area contributed by atoms with Gasteiger partial charge in [0.2, 0.25) is 0 Å². The fourth-order valence-corrected chi connectivity index (χ4v) is 2.40. The van der Waals surface area contributed by atoms with Gasteiger partial charge in [-0.25, -0.2) is 0 Å². The molecular formula is C14H22N2. The molecule has 0 radical (unpaired) electrons. The molecule has 0 saturated carbocycles. The molecular weight excluding hydrogens is 196 g/mol. The molecule has 0 amide bonds. The van der Waals surface area contributed by atoms with Crippen LogP contribution in [0.5, 0.6) is 0 Å². The Morgan fingerprint density at radius 3 is 3.19 bits per heavy atom. The molecule has 0 spiro atoms. The zero-order valence-electron chi connectivity index (χ0n) is 10.4. The van der Waals surface area contributed by atoms with E-state index in [1.54, 1.807) is 0 Å². The van der Waals surface area contributed by atoms with Crippen molar-refractivity contribution < 1.29 is 0 Å². The fourth-order valence-electron chi connectivity index (χ4n) is 2.40. The second kappa shape index (κ2) is 5.44. The lowest BCUT2D eigenvalue weighted by molar-refractivity contribution is 0.475. The van der Waals surface area contributed by atoms with Crippen molar-refractivity contribution in [1.29, 1.82) is 0 Å². The van der Waals surface area contributed by atoms with Crippen LogP contribution in [0.3, 0.4) is 0 Å². The second-order valence-electron chi connectivity index (χ2n) is 5.13. The predicted octanol–water partition coefficient (Wildman–Crippen LogP) is 3.09. The van der Waals surface area contributed by atoms with E-state index < -0.39 is 0 Å².